The van der Waals surface area contributed by atoms with Gasteiger partial charge in [0.05, 0.1) is 5.52 Å². The third-order valence-electron chi connectivity index (χ3n) is 2.20. The van der Waals surface area contributed by atoms with Gasteiger partial charge >= 0.3 is 0 Å². The lowest BCUT2D eigenvalue weighted by molar-refractivity contribution is 1.10. The standard InChI is InChI=1S/C11H8N2O/c1-8-6-13(7-12)10-5-3-2-4-9(10)11(8)14/h2-6H,1H3. The molecule has 0 saturated heterocycles. The molecule has 2 rings (SSSR count). The van der Waals surface area contributed by atoms with E-state index in [0.29, 0.717) is 16.5 Å². The molecule has 2 aromatic rings. The van der Waals surface area contributed by atoms with Crippen LogP contribution in [0, 0.1) is 18.4 Å². The molecule has 0 aliphatic heterocycles. The van der Waals surface area contributed by atoms with E-state index in [2.05, 4.69) is 0 Å². The number of nitrogens with zero attached hydrogens (tertiary/aromatic N) is 2. The predicted molar refractivity (Wildman–Crippen MR) is 54.0 cm³/mol. The monoisotopic (exact) mass is 184 g/mol. The molecule has 0 fully saturated rings. The lowest BCUT2D eigenvalue weighted by Gasteiger charge is -2.02. The molecule has 3 nitrogen and oxygen atoms in total. The Morgan fingerprint density at radius 3 is 2.79 bits per heavy atom. The number of rotatable bonds is 0. The molecule has 0 unspecified atom stereocenters. The number of nitriles is 1. The summed E-state index contributed by atoms with van der Waals surface area (Å²) in [5, 5.41) is 9.45. The number of benzene rings is 1. The Morgan fingerprint density at radius 1 is 1.36 bits per heavy atom. The zero-order valence-electron chi connectivity index (χ0n) is 7.69. The van der Waals surface area contributed by atoms with Gasteiger partial charge in [0, 0.05) is 17.1 Å². The van der Waals surface area contributed by atoms with Crippen molar-refractivity contribution < 1.29 is 0 Å². The molecule has 0 amide bonds. The molecule has 0 bridgehead atoms. The molecule has 0 spiro atoms. The molecule has 14 heavy (non-hydrogen) atoms. The van der Waals surface area contributed by atoms with Crippen LogP contribution in [0.4, 0.5) is 0 Å². The van der Waals surface area contributed by atoms with Crippen molar-refractivity contribution >= 4 is 10.9 Å². The number of hydrogen-bond donors (Lipinski definition) is 0. The topological polar surface area (TPSA) is 45.8 Å². The van der Waals surface area contributed by atoms with Crippen molar-refractivity contribution in [3.05, 3.63) is 46.2 Å². The Bertz CT molecular complexity index is 590. The fourth-order valence-electron chi connectivity index (χ4n) is 1.49. The van der Waals surface area contributed by atoms with Crippen LogP contribution in [0.1, 0.15) is 5.56 Å². The van der Waals surface area contributed by atoms with Crippen molar-refractivity contribution in [3.63, 3.8) is 0 Å². The lowest BCUT2D eigenvalue weighted by Crippen LogP contribution is -2.09. The van der Waals surface area contributed by atoms with Gasteiger partial charge in [-0.25, -0.2) is 0 Å². The Balaban J connectivity index is 3.07. The van der Waals surface area contributed by atoms with Crippen molar-refractivity contribution in [1.82, 2.24) is 4.57 Å². The Kier molecular flexibility index (Phi) is 1.83. The van der Waals surface area contributed by atoms with E-state index < -0.39 is 0 Å². The minimum atomic E-state index is -0.00731. The second-order valence-corrected chi connectivity index (χ2v) is 3.13. The van der Waals surface area contributed by atoms with Crippen LogP contribution in [0.5, 0.6) is 0 Å². The van der Waals surface area contributed by atoms with Gasteiger partial charge in [0.25, 0.3) is 0 Å². The van der Waals surface area contributed by atoms with Crippen molar-refractivity contribution in [1.29, 1.82) is 5.26 Å². The second kappa shape index (κ2) is 3.00. The van der Waals surface area contributed by atoms with Crippen molar-refractivity contribution in [2.24, 2.45) is 0 Å². The first kappa shape index (κ1) is 8.52. The molecule has 0 N–H and O–H groups in total. The van der Waals surface area contributed by atoms with Crippen LogP contribution in [0.3, 0.4) is 0 Å². The maximum Gasteiger partial charge on any atom is 0.192 e. The van der Waals surface area contributed by atoms with Crippen molar-refractivity contribution in [3.8, 4) is 6.19 Å². The quantitative estimate of drug-likeness (QED) is 0.624. The van der Waals surface area contributed by atoms with Crippen LogP contribution in [0.15, 0.2) is 35.3 Å². The third-order valence-corrected chi connectivity index (χ3v) is 2.20. The Hall–Kier alpha value is -2.08. The minimum Gasteiger partial charge on any atom is -0.289 e. The zero-order chi connectivity index (χ0) is 10.1. The molecule has 3 heteroatoms. The zero-order valence-corrected chi connectivity index (χ0v) is 7.69. The summed E-state index contributed by atoms with van der Waals surface area (Å²) < 4.78 is 1.41. The van der Waals surface area contributed by atoms with Gasteiger partial charge in [-0.15, -0.1) is 0 Å². The van der Waals surface area contributed by atoms with Gasteiger partial charge in [-0.1, -0.05) is 12.1 Å². The van der Waals surface area contributed by atoms with E-state index in [0.717, 1.165) is 0 Å². The van der Waals surface area contributed by atoms with Crippen LogP contribution in [0.2, 0.25) is 0 Å². The average Bonchev–Trinajstić information content (AvgIpc) is 2.23. The smallest absolute Gasteiger partial charge is 0.192 e. The first-order chi connectivity index (χ1) is 6.74. The highest BCUT2D eigenvalue weighted by molar-refractivity contribution is 5.80. The largest absolute Gasteiger partial charge is 0.289 e. The van der Waals surface area contributed by atoms with Gasteiger partial charge < -0.3 is 0 Å². The highest BCUT2D eigenvalue weighted by Crippen LogP contribution is 2.09. The highest BCUT2D eigenvalue weighted by atomic mass is 16.1. The normalized spacial score (nSPS) is 10.0. The number of pyridine rings is 1. The van der Waals surface area contributed by atoms with Crippen molar-refractivity contribution in [2.45, 2.75) is 6.92 Å². The molecule has 0 atom stereocenters. The van der Waals surface area contributed by atoms with Crippen LogP contribution >= 0.6 is 0 Å². The summed E-state index contributed by atoms with van der Waals surface area (Å²) in [4.78, 5) is 11.7. The lowest BCUT2D eigenvalue weighted by atomic mass is 10.1. The van der Waals surface area contributed by atoms with Gasteiger partial charge in [0.15, 0.2) is 11.6 Å². The van der Waals surface area contributed by atoms with E-state index in [9.17, 15) is 4.79 Å². The maximum atomic E-state index is 11.7. The van der Waals surface area contributed by atoms with Crippen molar-refractivity contribution in [2.75, 3.05) is 0 Å². The Morgan fingerprint density at radius 2 is 2.07 bits per heavy atom. The molecule has 0 radical (unpaired) electrons. The average molecular weight is 184 g/mol. The molecular weight excluding hydrogens is 176 g/mol. The molecule has 1 aromatic heterocycles. The first-order valence-corrected chi connectivity index (χ1v) is 4.25. The summed E-state index contributed by atoms with van der Waals surface area (Å²) in [5.74, 6) is 0. The summed E-state index contributed by atoms with van der Waals surface area (Å²) in [5.41, 5.74) is 1.24. The highest BCUT2D eigenvalue weighted by Gasteiger charge is 2.03. The van der Waals surface area contributed by atoms with Gasteiger partial charge in [-0.2, -0.15) is 5.26 Å². The van der Waals surface area contributed by atoms with E-state index >= 15 is 0 Å². The third kappa shape index (κ3) is 1.09. The van der Waals surface area contributed by atoms with Gasteiger partial charge in [-0.05, 0) is 19.1 Å². The summed E-state index contributed by atoms with van der Waals surface area (Å²) in [7, 11) is 0. The summed E-state index contributed by atoms with van der Waals surface area (Å²) >= 11 is 0. The van der Waals surface area contributed by atoms with Crippen LogP contribution in [-0.2, 0) is 0 Å². The fraction of sp³-hybridized carbons (Fsp3) is 0.0909. The number of aromatic nitrogens is 1. The molecule has 0 aliphatic carbocycles. The molecule has 0 saturated carbocycles. The summed E-state index contributed by atoms with van der Waals surface area (Å²) in [6.45, 7) is 1.71. The van der Waals surface area contributed by atoms with E-state index in [4.69, 9.17) is 5.26 Å². The van der Waals surface area contributed by atoms with E-state index in [1.807, 2.05) is 12.3 Å². The predicted octanol–water partition coefficient (Wildman–Crippen LogP) is 1.64. The summed E-state index contributed by atoms with van der Waals surface area (Å²) in [6, 6.07) is 7.10. The van der Waals surface area contributed by atoms with Gasteiger partial charge in [0.2, 0.25) is 0 Å². The molecule has 0 aliphatic rings. The Labute approximate surface area is 80.8 Å². The fourth-order valence-corrected chi connectivity index (χ4v) is 1.49. The number of fused-ring (bicyclic) bond motifs is 1. The van der Waals surface area contributed by atoms with Crippen LogP contribution < -0.4 is 5.43 Å². The minimum absolute atomic E-state index is 0.00731. The van der Waals surface area contributed by atoms with E-state index in [1.165, 1.54) is 4.57 Å². The molecule has 1 heterocycles. The first-order valence-electron chi connectivity index (χ1n) is 4.25. The number of hydrogen-bond acceptors (Lipinski definition) is 2. The summed E-state index contributed by atoms with van der Waals surface area (Å²) in [6.07, 6.45) is 3.58. The van der Waals surface area contributed by atoms with E-state index in [1.54, 1.807) is 31.3 Å². The van der Waals surface area contributed by atoms with Gasteiger partial charge in [0.1, 0.15) is 0 Å². The molecule has 1 aromatic carbocycles. The number of para-hydroxylation sites is 1. The van der Waals surface area contributed by atoms with E-state index in [-0.39, 0.29) is 5.43 Å². The molecule has 68 valence electrons. The number of aryl methyl sites for hydroxylation is 1. The van der Waals surface area contributed by atoms with Crippen LogP contribution in [-0.4, -0.2) is 4.57 Å². The maximum absolute atomic E-state index is 11.7. The van der Waals surface area contributed by atoms with Crippen LogP contribution in [0.25, 0.3) is 10.9 Å². The molecular formula is C11H8N2O. The SMILES string of the molecule is Cc1cn(C#N)c2ccccc2c1=O. The van der Waals surface area contributed by atoms with Gasteiger partial charge in [-0.3, -0.25) is 9.36 Å². The second-order valence-electron chi connectivity index (χ2n) is 3.13.